The maximum absolute atomic E-state index is 12.8. The van der Waals surface area contributed by atoms with Crippen LogP contribution < -0.4 is 0 Å². The van der Waals surface area contributed by atoms with Crippen LogP contribution in [0.1, 0.15) is 165 Å². The molecule has 0 aromatic carbocycles. The summed E-state index contributed by atoms with van der Waals surface area (Å²) in [5, 5.41) is 107. The quantitative estimate of drug-likeness (QED) is 0.0775. The Kier molecular flexibility index (Phi) is 20.4. The van der Waals surface area contributed by atoms with Gasteiger partial charge < -0.3 is 98.4 Å². The molecule has 8 fully saturated rings. The number of hydrogen-bond donors (Lipinski definition) is 10. The molecule has 462 valence electrons. The summed E-state index contributed by atoms with van der Waals surface area (Å²) in [7, 11) is 0. The van der Waals surface area contributed by atoms with Gasteiger partial charge in [-0.15, -0.1) is 0 Å². The molecule has 20 heteroatoms. The Morgan fingerprint density at radius 2 is 1.11 bits per heavy atom. The smallest absolute Gasteiger partial charge is 0.187 e. The van der Waals surface area contributed by atoms with Crippen molar-refractivity contribution in [2.45, 2.75) is 287 Å². The van der Waals surface area contributed by atoms with Crippen LogP contribution in [0.2, 0.25) is 0 Å². The van der Waals surface area contributed by atoms with Crippen molar-refractivity contribution in [2.24, 2.45) is 45.3 Å². The first-order valence-electron chi connectivity index (χ1n) is 30.6. The second kappa shape index (κ2) is 25.7. The van der Waals surface area contributed by atoms with Crippen LogP contribution >= 0.6 is 0 Å². The maximum atomic E-state index is 12.8. The van der Waals surface area contributed by atoms with Crippen molar-refractivity contribution in [3.63, 3.8) is 0 Å². The standard InChI is InChI=1S/C60H102O20/c1-32(9-13-49(57(4,5)70)79-55-54(45(68)23-41(31-65)77-55)80-53-25-36(22-40(30-64)76-53)72-51-20-34(67)18-38(28-62)74-51)42-15-16-58(6)46-12-10-43-44(60(46,8)47(69)26-59(42,58)7)11-14-48(56(43,2)3)78-52-24-35(21-39(29-63)75-52)71-50-19-33(66)17-37(27-61)73-50/h10,32-42,44-55,61-70H,9,11-31H2,1-8H3/t32-,33+,34+,35+,36+,37+,38+,39+,40+,41+,42?,44?,45+,46?,47-,48+,49-,50-,51-,52+,53+,54-,55+,58+,59-,60+/m1/s1. The molecule has 0 aromatic heterocycles. The highest BCUT2D eigenvalue weighted by Gasteiger charge is 2.70. The van der Waals surface area contributed by atoms with E-state index in [4.69, 9.17) is 47.4 Å². The minimum atomic E-state index is -1.35. The summed E-state index contributed by atoms with van der Waals surface area (Å²) >= 11 is 0. The lowest BCUT2D eigenvalue weighted by Gasteiger charge is -2.67. The van der Waals surface area contributed by atoms with Crippen LogP contribution in [0.25, 0.3) is 0 Å². The predicted molar refractivity (Wildman–Crippen MR) is 288 cm³/mol. The highest BCUT2D eigenvalue weighted by molar-refractivity contribution is 5.32. The normalized spacial score (nSPS) is 47.8. The largest absolute Gasteiger partial charge is 0.394 e. The van der Waals surface area contributed by atoms with E-state index in [1.54, 1.807) is 13.8 Å². The summed E-state index contributed by atoms with van der Waals surface area (Å²) in [6.07, 6.45) is -1.73. The second-order valence-corrected chi connectivity index (χ2v) is 27.7. The molecule has 9 rings (SSSR count). The summed E-state index contributed by atoms with van der Waals surface area (Å²) in [5.41, 5.74) is -1.04. The van der Waals surface area contributed by atoms with Crippen LogP contribution in [0.3, 0.4) is 0 Å². The van der Waals surface area contributed by atoms with E-state index in [0.29, 0.717) is 57.8 Å². The van der Waals surface area contributed by atoms with Crippen molar-refractivity contribution in [1.29, 1.82) is 0 Å². The topological polar surface area (TPSA) is 295 Å². The third kappa shape index (κ3) is 13.1. The van der Waals surface area contributed by atoms with E-state index in [2.05, 4.69) is 47.6 Å². The maximum Gasteiger partial charge on any atom is 0.187 e. The van der Waals surface area contributed by atoms with E-state index in [9.17, 15) is 51.1 Å². The Morgan fingerprint density at radius 3 is 1.65 bits per heavy atom. The van der Waals surface area contributed by atoms with E-state index >= 15 is 0 Å². The molecule has 0 amide bonds. The van der Waals surface area contributed by atoms with E-state index in [0.717, 1.165) is 32.1 Å². The summed E-state index contributed by atoms with van der Waals surface area (Å²) < 4.78 is 63.2. The van der Waals surface area contributed by atoms with Gasteiger partial charge in [-0.25, -0.2) is 0 Å². The molecule has 3 saturated carbocycles. The molecule has 0 radical (unpaired) electrons. The number of aliphatic hydroxyl groups is 10. The summed E-state index contributed by atoms with van der Waals surface area (Å²) in [6.45, 7) is 16.1. The fourth-order valence-electron chi connectivity index (χ4n) is 17.1. The first-order chi connectivity index (χ1) is 37.8. The second-order valence-electron chi connectivity index (χ2n) is 27.7. The number of ether oxygens (including phenoxy) is 10. The predicted octanol–water partition coefficient (Wildman–Crippen LogP) is 3.86. The van der Waals surface area contributed by atoms with Gasteiger partial charge in [0.25, 0.3) is 0 Å². The number of fused-ring (bicyclic) bond motifs is 5. The average molecular weight is 1140 g/mol. The number of rotatable bonds is 20. The van der Waals surface area contributed by atoms with Crippen LogP contribution in [-0.2, 0) is 47.4 Å². The van der Waals surface area contributed by atoms with Crippen molar-refractivity contribution in [3.8, 4) is 0 Å². The summed E-state index contributed by atoms with van der Waals surface area (Å²) in [5.74, 6) is 0.837. The van der Waals surface area contributed by atoms with E-state index in [1.165, 1.54) is 5.57 Å². The van der Waals surface area contributed by atoms with E-state index in [1.807, 2.05) is 0 Å². The Bertz CT molecular complexity index is 2020. The molecule has 20 nitrogen and oxygen atoms in total. The monoisotopic (exact) mass is 1140 g/mol. The van der Waals surface area contributed by atoms with Crippen molar-refractivity contribution in [1.82, 2.24) is 0 Å². The Morgan fingerprint density at radius 1 is 0.600 bits per heavy atom. The minimum Gasteiger partial charge on any atom is -0.394 e. The van der Waals surface area contributed by atoms with Gasteiger partial charge in [0.2, 0.25) is 0 Å². The Balaban J connectivity index is 0.847. The van der Waals surface area contributed by atoms with Gasteiger partial charge in [-0.1, -0.05) is 53.2 Å². The van der Waals surface area contributed by atoms with E-state index in [-0.39, 0.29) is 110 Å². The molecule has 26 atom stereocenters. The van der Waals surface area contributed by atoms with Crippen molar-refractivity contribution in [3.05, 3.63) is 11.6 Å². The summed E-state index contributed by atoms with van der Waals surface area (Å²) in [6, 6.07) is 0. The molecule has 5 saturated heterocycles. The van der Waals surface area contributed by atoms with Crippen LogP contribution in [0.5, 0.6) is 0 Å². The number of allylic oxidation sites excluding steroid dienone is 1. The lowest BCUT2D eigenvalue weighted by atomic mass is 9.38. The Hall–Kier alpha value is -1.06. The zero-order chi connectivity index (χ0) is 57.7. The molecular formula is C60H102O20. The molecule has 80 heavy (non-hydrogen) atoms. The highest BCUT2D eigenvalue weighted by atomic mass is 16.8. The molecule has 5 heterocycles. The van der Waals surface area contributed by atoms with Gasteiger partial charge in [-0.2, -0.15) is 0 Å². The highest BCUT2D eigenvalue weighted by Crippen LogP contribution is 2.75. The fourth-order valence-corrected chi connectivity index (χ4v) is 17.1. The van der Waals surface area contributed by atoms with Gasteiger partial charge in [0, 0.05) is 68.6 Å². The SMILES string of the molecule is C[C@H](CC[C@@H](O[C@@H]1O[C@H](CO)C[C@H](O)[C@H]1O[C@H]1C[C@@H](O[C@H]2C[C@@H](O)C[C@@H](CO)O2)C[C@@H](CO)O1)C(C)(C)O)C1CC[C@@]2(C)C3CC=C4C(CC[C@H](O[C@H]5C[C@@H](O[C@H]6C[C@@H](O)C[C@@H](CO)O6)C[C@@H](CO)O5)C4(C)C)[C@]3(C)[C@H](O)C[C@]12C. The van der Waals surface area contributed by atoms with Crippen molar-refractivity contribution >= 4 is 0 Å². The molecule has 0 aromatic rings. The lowest BCUT2D eigenvalue weighted by molar-refractivity contribution is -0.346. The van der Waals surface area contributed by atoms with Crippen LogP contribution in [0.4, 0.5) is 0 Å². The van der Waals surface area contributed by atoms with Gasteiger partial charge in [0.05, 0.1) is 118 Å². The molecular weight excluding hydrogens is 1040 g/mol. The van der Waals surface area contributed by atoms with Crippen molar-refractivity contribution in [2.75, 3.05) is 33.0 Å². The van der Waals surface area contributed by atoms with Gasteiger partial charge in [0.1, 0.15) is 6.10 Å². The summed E-state index contributed by atoms with van der Waals surface area (Å²) in [4.78, 5) is 0. The van der Waals surface area contributed by atoms with Gasteiger partial charge in [-0.3, -0.25) is 0 Å². The first-order valence-corrected chi connectivity index (χ1v) is 30.6. The molecule has 5 aliphatic heterocycles. The first kappa shape index (κ1) is 63.4. The fraction of sp³-hybridized carbons (Fsp3) is 0.967. The Labute approximate surface area is 474 Å². The third-order valence-electron chi connectivity index (χ3n) is 21.7. The van der Waals surface area contributed by atoms with Crippen molar-refractivity contribution < 1.29 is 98.4 Å². The van der Waals surface area contributed by atoms with Crippen LogP contribution in [-0.4, -0.2) is 207 Å². The minimum absolute atomic E-state index is 0.0611. The van der Waals surface area contributed by atoms with Gasteiger partial charge in [0.15, 0.2) is 31.5 Å². The van der Waals surface area contributed by atoms with Crippen LogP contribution in [0.15, 0.2) is 11.6 Å². The molecule has 0 spiro atoms. The molecule has 3 unspecified atom stereocenters. The zero-order valence-corrected chi connectivity index (χ0v) is 49.0. The lowest BCUT2D eigenvalue weighted by Crippen LogP contribution is -2.64. The van der Waals surface area contributed by atoms with Gasteiger partial charge >= 0.3 is 0 Å². The third-order valence-corrected chi connectivity index (χ3v) is 21.7. The average Bonchev–Trinajstić information content (AvgIpc) is 3.67. The number of hydrogen-bond acceptors (Lipinski definition) is 20. The zero-order valence-electron chi connectivity index (χ0n) is 49.0. The van der Waals surface area contributed by atoms with Gasteiger partial charge in [-0.05, 0) is 99.7 Å². The number of aliphatic hydroxyl groups excluding tert-OH is 9. The molecule has 0 bridgehead atoms. The van der Waals surface area contributed by atoms with Crippen LogP contribution in [0, 0.1) is 45.3 Å². The molecule has 10 N–H and O–H groups in total. The van der Waals surface area contributed by atoms with E-state index < -0.39 is 110 Å². The molecule has 9 aliphatic rings. The molecule has 4 aliphatic carbocycles.